The molecular weight excluding hydrogens is 330 g/mol. The van der Waals surface area contributed by atoms with Crippen LogP contribution in [0.5, 0.6) is 5.75 Å². The van der Waals surface area contributed by atoms with Crippen LogP contribution in [0.15, 0.2) is 24.3 Å². The second-order valence-electron chi connectivity index (χ2n) is 8.24. The predicted octanol–water partition coefficient (Wildman–Crippen LogP) is 3.51. The molecule has 0 aliphatic carbocycles. The van der Waals surface area contributed by atoms with E-state index >= 15 is 0 Å². The van der Waals surface area contributed by atoms with Crippen molar-refractivity contribution in [2.75, 3.05) is 19.8 Å². The quantitative estimate of drug-likeness (QED) is 0.823. The highest BCUT2D eigenvalue weighted by molar-refractivity contribution is 5.81. The molecule has 2 saturated heterocycles. The largest absolute Gasteiger partial charge is 0.481 e. The van der Waals surface area contributed by atoms with Gasteiger partial charge in [-0.1, -0.05) is 32.9 Å². The summed E-state index contributed by atoms with van der Waals surface area (Å²) in [6.07, 6.45) is 2.20. The Morgan fingerprint density at radius 2 is 1.96 bits per heavy atom. The van der Waals surface area contributed by atoms with Crippen LogP contribution < -0.4 is 4.74 Å². The van der Waals surface area contributed by atoms with Gasteiger partial charge >= 0.3 is 0 Å². The lowest BCUT2D eigenvalue weighted by Gasteiger charge is -2.39. The summed E-state index contributed by atoms with van der Waals surface area (Å²) in [5, 5.41) is 0. The van der Waals surface area contributed by atoms with Crippen LogP contribution in [-0.4, -0.2) is 49.0 Å². The van der Waals surface area contributed by atoms with Crippen LogP contribution in [0.3, 0.4) is 0 Å². The van der Waals surface area contributed by atoms with E-state index in [0.29, 0.717) is 13.2 Å². The van der Waals surface area contributed by atoms with Gasteiger partial charge in [0.1, 0.15) is 5.75 Å². The molecule has 2 aliphatic rings. The summed E-state index contributed by atoms with van der Waals surface area (Å²) in [7, 11) is 0. The Labute approximate surface area is 156 Å². The van der Waals surface area contributed by atoms with E-state index in [9.17, 15) is 4.79 Å². The number of rotatable bonds is 4. The normalized spacial score (nSPS) is 23.1. The minimum atomic E-state index is -0.535. The van der Waals surface area contributed by atoms with Gasteiger partial charge in [0.15, 0.2) is 12.4 Å². The molecule has 2 aliphatic heterocycles. The molecule has 3 rings (SSSR count). The van der Waals surface area contributed by atoms with E-state index in [1.165, 1.54) is 5.56 Å². The number of piperidine rings is 1. The lowest BCUT2D eigenvalue weighted by atomic mass is 9.87. The molecular formula is C21H31NO4. The second kappa shape index (κ2) is 7.97. The van der Waals surface area contributed by atoms with Crippen LogP contribution in [0.2, 0.25) is 0 Å². The van der Waals surface area contributed by atoms with Crippen molar-refractivity contribution >= 4 is 5.91 Å². The average Bonchev–Trinajstić information content (AvgIpc) is 3.15. The van der Waals surface area contributed by atoms with Crippen LogP contribution >= 0.6 is 0 Å². The smallest absolute Gasteiger partial charge is 0.263 e. The van der Waals surface area contributed by atoms with Crippen LogP contribution in [0, 0.1) is 0 Å². The van der Waals surface area contributed by atoms with E-state index in [4.69, 9.17) is 14.2 Å². The standard InChI is InChI=1S/C21H31NO4/c1-15(26-17-9-7-8-16(14-17)21(2,3)4)19(23)22-11-6-5-10-18(22)20-24-12-13-25-20/h7-9,14-15,18,20H,5-6,10-13H2,1-4H3. The number of amides is 1. The Balaban J connectivity index is 1.68. The van der Waals surface area contributed by atoms with Gasteiger partial charge in [-0.3, -0.25) is 4.79 Å². The summed E-state index contributed by atoms with van der Waals surface area (Å²) in [4.78, 5) is 14.9. The van der Waals surface area contributed by atoms with E-state index in [0.717, 1.165) is 31.6 Å². The Hall–Kier alpha value is -1.59. The number of nitrogens with zero attached hydrogens (tertiary/aromatic N) is 1. The minimum Gasteiger partial charge on any atom is -0.481 e. The molecule has 2 fully saturated rings. The van der Waals surface area contributed by atoms with Crippen molar-refractivity contribution in [1.82, 2.24) is 4.90 Å². The SMILES string of the molecule is CC(Oc1cccc(C(C)(C)C)c1)C(=O)N1CCCCC1C1OCCO1. The summed E-state index contributed by atoms with van der Waals surface area (Å²) in [6, 6.07) is 8.01. The fraction of sp³-hybridized carbons (Fsp3) is 0.667. The first kappa shape index (κ1) is 19.2. The zero-order valence-corrected chi connectivity index (χ0v) is 16.4. The van der Waals surface area contributed by atoms with Gasteiger partial charge < -0.3 is 19.1 Å². The lowest BCUT2D eigenvalue weighted by molar-refractivity contribution is -0.156. The Morgan fingerprint density at radius 3 is 2.65 bits per heavy atom. The number of likely N-dealkylation sites (tertiary alicyclic amines) is 1. The Bertz CT molecular complexity index is 619. The van der Waals surface area contributed by atoms with Crippen LogP contribution in [0.25, 0.3) is 0 Å². The van der Waals surface area contributed by atoms with Gasteiger partial charge in [-0.2, -0.15) is 0 Å². The molecule has 2 heterocycles. The molecule has 1 aromatic rings. The minimum absolute atomic E-state index is 0.00860. The van der Waals surface area contributed by atoms with E-state index in [1.54, 1.807) is 0 Å². The van der Waals surface area contributed by atoms with E-state index in [-0.39, 0.29) is 23.7 Å². The lowest BCUT2D eigenvalue weighted by Crippen LogP contribution is -2.53. The molecule has 0 bridgehead atoms. The van der Waals surface area contributed by atoms with Gasteiger partial charge in [0.25, 0.3) is 5.91 Å². The summed E-state index contributed by atoms with van der Waals surface area (Å²) in [5.74, 6) is 0.746. The molecule has 5 nitrogen and oxygen atoms in total. The first-order valence-electron chi connectivity index (χ1n) is 9.67. The van der Waals surface area contributed by atoms with Gasteiger partial charge in [0, 0.05) is 6.54 Å². The maximum Gasteiger partial charge on any atom is 0.263 e. The Morgan fingerprint density at radius 1 is 1.23 bits per heavy atom. The van der Waals surface area contributed by atoms with Crippen LogP contribution in [0.4, 0.5) is 0 Å². The summed E-state index contributed by atoms with van der Waals surface area (Å²) < 4.78 is 17.3. The molecule has 1 aromatic carbocycles. The third-order valence-electron chi connectivity index (χ3n) is 5.15. The highest BCUT2D eigenvalue weighted by Crippen LogP contribution is 2.28. The molecule has 26 heavy (non-hydrogen) atoms. The third-order valence-corrected chi connectivity index (χ3v) is 5.15. The molecule has 0 aromatic heterocycles. The summed E-state index contributed by atoms with van der Waals surface area (Å²) in [5.41, 5.74) is 1.24. The number of benzene rings is 1. The highest BCUT2D eigenvalue weighted by atomic mass is 16.7. The van der Waals surface area contributed by atoms with E-state index in [1.807, 2.05) is 30.0 Å². The van der Waals surface area contributed by atoms with Crippen molar-refractivity contribution < 1.29 is 19.0 Å². The maximum atomic E-state index is 13.0. The number of hydrogen-bond donors (Lipinski definition) is 0. The predicted molar refractivity (Wildman–Crippen MR) is 100 cm³/mol. The summed E-state index contributed by atoms with van der Waals surface area (Å²) in [6.45, 7) is 10.3. The molecule has 0 spiro atoms. The average molecular weight is 361 g/mol. The monoisotopic (exact) mass is 361 g/mol. The van der Waals surface area contributed by atoms with Gasteiger partial charge in [-0.25, -0.2) is 0 Å². The molecule has 0 N–H and O–H groups in total. The molecule has 144 valence electrons. The maximum absolute atomic E-state index is 13.0. The van der Waals surface area contributed by atoms with Crippen molar-refractivity contribution in [1.29, 1.82) is 0 Å². The molecule has 0 radical (unpaired) electrons. The second-order valence-corrected chi connectivity index (χ2v) is 8.24. The van der Waals surface area contributed by atoms with Crippen molar-refractivity contribution in [3.05, 3.63) is 29.8 Å². The van der Waals surface area contributed by atoms with Crippen molar-refractivity contribution in [3.63, 3.8) is 0 Å². The highest BCUT2D eigenvalue weighted by Gasteiger charge is 2.38. The number of hydrogen-bond acceptors (Lipinski definition) is 4. The first-order valence-corrected chi connectivity index (χ1v) is 9.67. The fourth-order valence-electron chi connectivity index (χ4n) is 3.64. The third kappa shape index (κ3) is 4.38. The van der Waals surface area contributed by atoms with Crippen LogP contribution in [0.1, 0.15) is 52.5 Å². The molecule has 2 atom stereocenters. The van der Waals surface area contributed by atoms with E-state index < -0.39 is 6.10 Å². The number of carbonyl (C=O) groups is 1. The summed E-state index contributed by atoms with van der Waals surface area (Å²) >= 11 is 0. The molecule has 0 saturated carbocycles. The number of ether oxygens (including phenoxy) is 3. The molecule has 2 unspecified atom stereocenters. The van der Waals surface area contributed by atoms with Crippen molar-refractivity contribution in [3.8, 4) is 5.75 Å². The zero-order valence-electron chi connectivity index (χ0n) is 16.4. The topological polar surface area (TPSA) is 48.0 Å². The van der Waals surface area contributed by atoms with Gasteiger partial charge in [0.05, 0.1) is 19.3 Å². The first-order chi connectivity index (χ1) is 12.4. The molecule has 5 heteroatoms. The zero-order chi connectivity index (χ0) is 18.7. The number of carbonyl (C=O) groups excluding carboxylic acids is 1. The Kier molecular flexibility index (Phi) is 5.88. The van der Waals surface area contributed by atoms with Crippen LogP contribution in [-0.2, 0) is 19.7 Å². The van der Waals surface area contributed by atoms with Crippen molar-refractivity contribution in [2.45, 2.75) is 70.8 Å². The van der Waals surface area contributed by atoms with Crippen molar-refractivity contribution in [2.24, 2.45) is 0 Å². The fourth-order valence-corrected chi connectivity index (χ4v) is 3.64. The van der Waals surface area contributed by atoms with Gasteiger partial charge in [0.2, 0.25) is 0 Å². The van der Waals surface area contributed by atoms with Gasteiger partial charge in [-0.15, -0.1) is 0 Å². The van der Waals surface area contributed by atoms with Gasteiger partial charge in [-0.05, 0) is 49.3 Å². The van der Waals surface area contributed by atoms with E-state index in [2.05, 4.69) is 26.8 Å². The molecule has 1 amide bonds.